The zero-order valence-electron chi connectivity index (χ0n) is 18.0. The average molecular weight is 412 g/mol. The number of carbonyl (C=O) groups is 2. The standard InChI is InChI=1S/C27H25NO3/c1-17-13-18(2)24(19(3)14-17)25-23(31-27(30)20-9-5-4-6-10-20)16-21(26(25)29)15-22-11-7-8-12-28-22/h4-14,21H,15-16H2,1-3H3. The first-order valence-electron chi connectivity index (χ1n) is 10.5. The normalized spacial score (nSPS) is 16.0. The predicted molar refractivity (Wildman–Crippen MR) is 120 cm³/mol. The highest BCUT2D eigenvalue weighted by Crippen LogP contribution is 2.40. The van der Waals surface area contributed by atoms with Crippen molar-refractivity contribution in [2.24, 2.45) is 5.92 Å². The molecular weight excluding hydrogens is 386 g/mol. The van der Waals surface area contributed by atoms with Crippen LogP contribution < -0.4 is 0 Å². The summed E-state index contributed by atoms with van der Waals surface area (Å²) in [6.45, 7) is 6.03. The summed E-state index contributed by atoms with van der Waals surface area (Å²) in [5.74, 6) is -0.281. The molecule has 1 aromatic heterocycles. The van der Waals surface area contributed by atoms with Gasteiger partial charge in [0.25, 0.3) is 0 Å². The van der Waals surface area contributed by atoms with Gasteiger partial charge in [-0.1, -0.05) is 42.0 Å². The van der Waals surface area contributed by atoms with Gasteiger partial charge in [-0.05, 0) is 61.7 Å². The number of aryl methyl sites for hydroxylation is 3. The van der Waals surface area contributed by atoms with Crippen LogP contribution in [0.5, 0.6) is 0 Å². The Bertz CT molecular complexity index is 1140. The number of aromatic nitrogens is 1. The first-order chi connectivity index (χ1) is 14.9. The van der Waals surface area contributed by atoms with Gasteiger partial charge >= 0.3 is 5.97 Å². The van der Waals surface area contributed by atoms with Gasteiger partial charge in [0.1, 0.15) is 5.76 Å². The zero-order valence-corrected chi connectivity index (χ0v) is 18.0. The second-order valence-electron chi connectivity index (χ2n) is 8.12. The van der Waals surface area contributed by atoms with Crippen LogP contribution in [0.4, 0.5) is 0 Å². The van der Waals surface area contributed by atoms with E-state index < -0.39 is 5.97 Å². The van der Waals surface area contributed by atoms with E-state index in [0.717, 1.165) is 27.9 Å². The Morgan fingerprint density at radius 3 is 2.32 bits per heavy atom. The van der Waals surface area contributed by atoms with Gasteiger partial charge in [-0.3, -0.25) is 9.78 Å². The van der Waals surface area contributed by atoms with Crippen LogP contribution in [-0.4, -0.2) is 16.7 Å². The Kier molecular flexibility index (Phi) is 5.81. The summed E-state index contributed by atoms with van der Waals surface area (Å²) in [6.07, 6.45) is 2.63. The molecule has 0 saturated heterocycles. The highest BCUT2D eigenvalue weighted by molar-refractivity contribution is 6.25. The summed E-state index contributed by atoms with van der Waals surface area (Å²) < 4.78 is 5.84. The molecule has 156 valence electrons. The van der Waals surface area contributed by atoms with Gasteiger partial charge < -0.3 is 4.74 Å². The van der Waals surface area contributed by atoms with Gasteiger partial charge in [-0.25, -0.2) is 4.79 Å². The zero-order chi connectivity index (χ0) is 22.0. The Morgan fingerprint density at radius 2 is 1.68 bits per heavy atom. The second kappa shape index (κ2) is 8.68. The van der Waals surface area contributed by atoms with Crippen molar-refractivity contribution in [1.29, 1.82) is 0 Å². The van der Waals surface area contributed by atoms with E-state index in [-0.39, 0.29) is 11.7 Å². The summed E-state index contributed by atoms with van der Waals surface area (Å²) in [7, 11) is 0. The molecule has 1 heterocycles. The molecule has 4 heteroatoms. The number of nitrogens with zero attached hydrogens (tertiary/aromatic N) is 1. The van der Waals surface area contributed by atoms with E-state index in [0.29, 0.717) is 29.7 Å². The highest BCUT2D eigenvalue weighted by atomic mass is 16.5. The van der Waals surface area contributed by atoms with Crippen LogP contribution in [0.3, 0.4) is 0 Å². The molecule has 4 rings (SSSR count). The SMILES string of the molecule is Cc1cc(C)c(C2=C(OC(=O)c3ccccc3)CC(Cc3ccccn3)C2=O)c(C)c1. The van der Waals surface area contributed by atoms with E-state index >= 15 is 0 Å². The smallest absolute Gasteiger partial charge is 0.343 e. The Hall–Kier alpha value is -3.53. The molecule has 0 N–H and O–H groups in total. The molecule has 1 unspecified atom stereocenters. The van der Waals surface area contributed by atoms with Crippen LogP contribution in [0.25, 0.3) is 5.57 Å². The van der Waals surface area contributed by atoms with Crippen LogP contribution in [-0.2, 0) is 16.0 Å². The maximum absolute atomic E-state index is 13.6. The molecule has 1 aliphatic carbocycles. The number of hydrogen-bond acceptors (Lipinski definition) is 4. The molecule has 2 aromatic carbocycles. The van der Waals surface area contributed by atoms with Crippen molar-refractivity contribution >= 4 is 17.3 Å². The predicted octanol–water partition coefficient (Wildman–Crippen LogP) is 5.41. The lowest BCUT2D eigenvalue weighted by atomic mass is 9.90. The Morgan fingerprint density at radius 1 is 1.00 bits per heavy atom. The number of carbonyl (C=O) groups excluding carboxylic acids is 2. The molecule has 0 radical (unpaired) electrons. The van der Waals surface area contributed by atoms with Crippen LogP contribution in [0.1, 0.15) is 44.7 Å². The molecule has 0 bridgehead atoms. The fourth-order valence-electron chi connectivity index (χ4n) is 4.37. The van der Waals surface area contributed by atoms with E-state index in [9.17, 15) is 9.59 Å². The minimum Gasteiger partial charge on any atom is -0.427 e. The minimum atomic E-state index is -0.443. The molecular formula is C27H25NO3. The summed E-state index contributed by atoms with van der Waals surface area (Å²) in [5, 5.41) is 0. The number of ether oxygens (including phenoxy) is 1. The number of benzene rings is 2. The second-order valence-corrected chi connectivity index (χ2v) is 8.12. The number of pyridine rings is 1. The third-order valence-electron chi connectivity index (χ3n) is 5.66. The molecule has 0 fully saturated rings. The number of Topliss-reactive ketones (excluding diaryl/α,β-unsaturated/α-hetero) is 1. The van der Waals surface area contributed by atoms with Gasteiger partial charge in [0.2, 0.25) is 0 Å². The van der Waals surface area contributed by atoms with Gasteiger partial charge in [0.15, 0.2) is 5.78 Å². The third kappa shape index (κ3) is 4.33. The molecule has 3 aromatic rings. The Balaban J connectivity index is 1.73. The van der Waals surface area contributed by atoms with Gasteiger partial charge in [-0.15, -0.1) is 0 Å². The first kappa shape index (κ1) is 20.7. The number of allylic oxidation sites excluding steroid dienone is 2. The lowest BCUT2D eigenvalue weighted by Gasteiger charge is -2.14. The van der Waals surface area contributed by atoms with Gasteiger partial charge in [-0.2, -0.15) is 0 Å². The highest BCUT2D eigenvalue weighted by Gasteiger charge is 2.37. The molecule has 4 nitrogen and oxygen atoms in total. The molecule has 0 aliphatic heterocycles. The molecule has 31 heavy (non-hydrogen) atoms. The molecule has 0 spiro atoms. The average Bonchev–Trinajstić information content (AvgIpc) is 3.04. The molecule has 0 saturated carbocycles. The van der Waals surface area contributed by atoms with Crippen LogP contribution >= 0.6 is 0 Å². The molecule has 1 atom stereocenters. The van der Waals surface area contributed by atoms with Crippen molar-refractivity contribution in [3.63, 3.8) is 0 Å². The number of esters is 1. The fourth-order valence-corrected chi connectivity index (χ4v) is 4.37. The van der Waals surface area contributed by atoms with Gasteiger partial charge in [0.05, 0.1) is 11.1 Å². The van der Waals surface area contributed by atoms with E-state index in [2.05, 4.69) is 17.1 Å². The fraction of sp³-hybridized carbons (Fsp3) is 0.222. The van der Waals surface area contributed by atoms with Crippen molar-refractivity contribution in [2.75, 3.05) is 0 Å². The Labute approximate surface area is 182 Å². The van der Waals surface area contributed by atoms with Crippen molar-refractivity contribution in [3.05, 3.63) is 106 Å². The van der Waals surface area contributed by atoms with Crippen LogP contribution in [0.2, 0.25) is 0 Å². The van der Waals surface area contributed by atoms with Crippen LogP contribution in [0, 0.1) is 26.7 Å². The summed E-state index contributed by atoms with van der Waals surface area (Å²) in [6, 6.07) is 18.7. The van der Waals surface area contributed by atoms with Gasteiger partial charge in [0, 0.05) is 30.7 Å². The lowest BCUT2D eigenvalue weighted by Crippen LogP contribution is -2.14. The van der Waals surface area contributed by atoms with Crippen molar-refractivity contribution in [2.45, 2.75) is 33.6 Å². The van der Waals surface area contributed by atoms with E-state index in [4.69, 9.17) is 4.74 Å². The maximum atomic E-state index is 13.6. The number of rotatable bonds is 5. The maximum Gasteiger partial charge on any atom is 0.343 e. The van der Waals surface area contributed by atoms with Crippen LogP contribution in [0.15, 0.2) is 72.6 Å². The summed E-state index contributed by atoms with van der Waals surface area (Å²) in [4.78, 5) is 30.7. The van der Waals surface area contributed by atoms with E-state index in [1.54, 1.807) is 30.5 Å². The number of ketones is 1. The largest absolute Gasteiger partial charge is 0.427 e. The molecule has 0 amide bonds. The first-order valence-corrected chi connectivity index (χ1v) is 10.5. The van der Waals surface area contributed by atoms with Crippen molar-refractivity contribution in [1.82, 2.24) is 4.98 Å². The topological polar surface area (TPSA) is 56.3 Å². The molecule has 1 aliphatic rings. The summed E-state index contributed by atoms with van der Waals surface area (Å²) in [5.41, 5.74) is 5.87. The van der Waals surface area contributed by atoms with Crippen molar-refractivity contribution < 1.29 is 14.3 Å². The quantitative estimate of drug-likeness (QED) is 0.527. The number of hydrogen-bond donors (Lipinski definition) is 0. The summed E-state index contributed by atoms with van der Waals surface area (Å²) >= 11 is 0. The van der Waals surface area contributed by atoms with E-state index in [1.807, 2.05) is 45.0 Å². The monoisotopic (exact) mass is 411 g/mol. The van der Waals surface area contributed by atoms with E-state index in [1.165, 1.54) is 0 Å². The minimum absolute atomic E-state index is 0.0107. The lowest BCUT2D eigenvalue weighted by molar-refractivity contribution is -0.116. The van der Waals surface area contributed by atoms with Crippen molar-refractivity contribution in [3.8, 4) is 0 Å². The third-order valence-corrected chi connectivity index (χ3v) is 5.66.